The summed E-state index contributed by atoms with van der Waals surface area (Å²) in [6.45, 7) is 0. The quantitative estimate of drug-likeness (QED) is 0.142. The van der Waals surface area contributed by atoms with Gasteiger partial charge in [-0.25, -0.2) is 0 Å². The molecule has 0 amide bonds. The number of benzene rings is 10. The third-order valence-corrected chi connectivity index (χ3v) is 25.7. The Morgan fingerprint density at radius 3 is 0.833 bits per heavy atom. The van der Waals surface area contributed by atoms with Crippen molar-refractivity contribution in [1.82, 2.24) is 0 Å². The summed E-state index contributed by atoms with van der Waals surface area (Å²) >= 11 is 0. The molecule has 0 bridgehead atoms. The van der Waals surface area contributed by atoms with Crippen LogP contribution in [0.1, 0.15) is 0 Å². The Balaban J connectivity index is 1.14. The summed E-state index contributed by atoms with van der Waals surface area (Å²) in [6, 6.07) is 93.5. The summed E-state index contributed by atoms with van der Waals surface area (Å²) in [6.07, 6.45) is 0. The van der Waals surface area contributed by atoms with Crippen molar-refractivity contribution < 1.29 is 8.83 Å². The van der Waals surface area contributed by atoms with Crippen molar-refractivity contribution in [3.63, 3.8) is 0 Å². The summed E-state index contributed by atoms with van der Waals surface area (Å²) in [5.41, 5.74) is 10.6. The van der Waals surface area contributed by atoms with E-state index in [1.807, 2.05) is 0 Å². The van der Waals surface area contributed by atoms with Gasteiger partial charge >= 0.3 is 16.8 Å². The minimum atomic E-state index is -3.27. The van der Waals surface area contributed by atoms with Crippen LogP contribution in [-0.4, -0.2) is 16.8 Å². The van der Waals surface area contributed by atoms with E-state index in [9.17, 15) is 0 Å². The molecule has 3 heterocycles. The van der Waals surface area contributed by atoms with Crippen molar-refractivity contribution in [3.8, 4) is 22.3 Å². The van der Waals surface area contributed by atoms with E-state index in [4.69, 9.17) is 8.83 Å². The summed E-state index contributed by atoms with van der Waals surface area (Å²) in [7, 11) is -6.53. The Hall–Kier alpha value is -8.17. The topological polar surface area (TPSA) is 32.8 Å². The minimum absolute atomic E-state index is 0.877. The molecule has 0 unspecified atom stereocenters. The van der Waals surface area contributed by atoms with Crippen LogP contribution in [0.2, 0.25) is 0 Å². The molecule has 0 aliphatic carbocycles. The first-order chi connectivity index (χ1) is 32.7. The van der Waals surface area contributed by atoms with E-state index < -0.39 is 16.8 Å². The fraction of sp³-hybridized carbons (Fsp3) is 0. The van der Waals surface area contributed by atoms with Crippen molar-refractivity contribution in [2.24, 2.45) is 0 Å². The zero-order chi connectivity index (χ0) is 43.7. The Labute approximate surface area is 385 Å². The highest BCUT2D eigenvalue weighted by Crippen LogP contribution is 2.48. The highest BCUT2D eigenvalue weighted by atomic mass is 28.5. The Bertz CT molecular complexity index is 3370. The summed E-state index contributed by atoms with van der Waals surface area (Å²) in [5.74, 6) is 0. The maximum absolute atomic E-state index is 6.65. The van der Waals surface area contributed by atoms with Gasteiger partial charge in [-0.05, 0) is 104 Å². The Morgan fingerprint density at radius 2 is 0.515 bits per heavy atom. The van der Waals surface area contributed by atoms with Crippen LogP contribution in [0.15, 0.2) is 264 Å². The third kappa shape index (κ3) is 5.69. The largest absolute Gasteiger partial charge is 0.456 e. The number of fused-ring (bicyclic) bond motifs is 6. The standard InChI is InChI=1S/C60H42N2O2Si2/c1-7-19-43(20-8-1)45-31-35-57-53(39-45)55-41-47(33-37-59(55)63-57)61-65(49-23-11-3-12-24-49,50-25-13-4-14-26-50)62(66(61,51-27-15-5-16-28-51)52-29-17-6-18-30-52)48-34-38-60-56(42-48)54-40-46(32-36-58(54)64-60)44-21-9-2-10-22-44/h1-42H. The lowest BCUT2D eigenvalue weighted by atomic mass is 10.0. The molecule has 1 aliphatic heterocycles. The van der Waals surface area contributed by atoms with Crippen LogP contribution < -0.4 is 29.2 Å². The second kappa shape index (κ2) is 15.2. The van der Waals surface area contributed by atoms with Crippen LogP contribution in [0, 0.1) is 0 Å². The van der Waals surface area contributed by atoms with E-state index in [0.717, 1.165) is 43.9 Å². The zero-order valence-corrected chi connectivity index (χ0v) is 38.0. The fourth-order valence-corrected chi connectivity index (χ4v) is 26.0. The minimum Gasteiger partial charge on any atom is -0.456 e. The van der Waals surface area contributed by atoms with Gasteiger partial charge in [0.25, 0.3) is 0 Å². The molecular formula is C60H42N2O2Si2. The van der Waals surface area contributed by atoms with E-state index in [0.29, 0.717) is 0 Å². The molecule has 0 N–H and O–H groups in total. The molecule has 312 valence electrons. The molecule has 0 atom stereocenters. The molecule has 0 radical (unpaired) electrons. The summed E-state index contributed by atoms with van der Waals surface area (Å²) < 4.78 is 19.2. The molecule has 6 heteroatoms. The maximum Gasteiger partial charge on any atom is 0.318 e. The second-order valence-electron chi connectivity index (χ2n) is 17.2. The van der Waals surface area contributed by atoms with Crippen LogP contribution >= 0.6 is 0 Å². The first-order valence-electron chi connectivity index (χ1n) is 22.6. The second-order valence-corrected chi connectivity index (χ2v) is 24.9. The molecule has 2 aromatic heterocycles. The van der Waals surface area contributed by atoms with E-state index in [1.165, 1.54) is 54.4 Å². The zero-order valence-electron chi connectivity index (χ0n) is 36.0. The summed E-state index contributed by atoms with van der Waals surface area (Å²) in [4.78, 5) is 0. The van der Waals surface area contributed by atoms with Crippen LogP contribution in [0.3, 0.4) is 0 Å². The number of nitrogens with zero attached hydrogens (tertiary/aromatic N) is 2. The number of rotatable bonds is 8. The van der Waals surface area contributed by atoms with E-state index in [1.54, 1.807) is 0 Å². The average Bonchev–Trinajstić information content (AvgIpc) is 3.95. The van der Waals surface area contributed by atoms with Crippen molar-refractivity contribution in [2.45, 2.75) is 0 Å². The first-order valence-corrected chi connectivity index (χ1v) is 26.4. The van der Waals surface area contributed by atoms with Crippen molar-refractivity contribution in [3.05, 3.63) is 255 Å². The predicted octanol–water partition coefficient (Wildman–Crippen LogP) is 12.7. The van der Waals surface area contributed by atoms with Gasteiger partial charge in [0.2, 0.25) is 0 Å². The number of anilines is 2. The number of hydrogen-bond acceptors (Lipinski definition) is 4. The van der Waals surface area contributed by atoms with Gasteiger partial charge in [-0.1, -0.05) is 194 Å². The van der Waals surface area contributed by atoms with Gasteiger partial charge in [-0.2, -0.15) is 0 Å². The lowest BCUT2D eigenvalue weighted by Gasteiger charge is -2.73. The molecule has 13 rings (SSSR count). The number of furan rings is 2. The van der Waals surface area contributed by atoms with E-state index in [-0.39, 0.29) is 0 Å². The molecule has 12 aromatic rings. The lowest BCUT2D eigenvalue weighted by molar-refractivity contribution is 0.668. The molecule has 0 spiro atoms. The van der Waals surface area contributed by atoms with E-state index in [2.05, 4.69) is 263 Å². The average molecular weight is 879 g/mol. The van der Waals surface area contributed by atoms with Gasteiger partial charge in [0.1, 0.15) is 22.3 Å². The number of hydrogen-bond donors (Lipinski definition) is 0. The van der Waals surface area contributed by atoms with Crippen LogP contribution in [0.5, 0.6) is 0 Å². The van der Waals surface area contributed by atoms with E-state index >= 15 is 0 Å². The molecule has 10 aromatic carbocycles. The fourth-order valence-electron chi connectivity index (χ4n) is 10.8. The molecule has 0 saturated carbocycles. The van der Waals surface area contributed by atoms with Gasteiger partial charge in [-0.15, -0.1) is 0 Å². The van der Waals surface area contributed by atoms with Crippen molar-refractivity contribution in [2.75, 3.05) is 8.46 Å². The van der Waals surface area contributed by atoms with Crippen molar-refractivity contribution >= 4 is 92.8 Å². The normalized spacial score (nSPS) is 14.2. The van der Waals surface area contributed by atoms with Gasteiger partial charge in [-0.3, -0.25) is 0 Å². The Kier molecular flexibility index (Phi) is 8.84. The highest BCUT2D eigenvalue weighted by molar-refractivity contribution is 7.38. The van der Waals surface area contributed by atoms with Gasteiger partial charge < -0.3 is 17.3 Å². The van der Waals surface area contributed by atoms with Crippen LogP contribution in [0.4, 0.5) is 11.4 Å². The SMILES string of the molecule is c1ccc(-c2ccc3oc4ccc(N5[Si](c6ccccc6)(c6ccccc6)N(c6ccc7oc8ccc(-c9ccccc9)cc8c7c6)[Si]5(c5ccccc5)c5ccccc5)cc4c3c2)cc1. The van der Waals surface area contributed by atoms with Crippen LogP contribution in [-0.2, 0) is 0 Å². The Morgan fingerprint density at radius 1 is 0.242 bits per heavy atom. The molecule has 1 saturated heterocycles. The van der Waals surface area contributed by atoms with Gasteiger partial charge in [0, 0.05) is 32.9 Å². The smallest absolute Gasteiger partial charge is 0.318 e. The summed E-state index contributed by atoms with van der Waals surface area (Å²) in [5, 5.41) is 9.64. The lowest BCUT2D eigenvalue weighted by Crippen LogP contribution is -3.07. The molecule has 66 heavy (non-hydrogen) atoms. The van der Waals surface area contributed by atoms with Crippen LogP contribution in [0.25, 0.3) is 66.1 Å². The highest BCUT2D eigenvalue weighted by Gasteiger charge is 2.75. The third-order valence-electron chi connectivity index (χ3n) is 13.6. The molecule has 1 fully saturated rings. The van der Waals surface area contributed by atoms with Crippen molar-refractivity contribution in [1.29, 1.82) is 0 Å². The van der Waals surface area contributed by atoms with Gasteiger partial charge in [0.05, 0.1) is 0 Å². The van der Waals surface area contributed by atoms with Gasteiger partial charge in [0.15, 0.2) is 0 Å². The molecule has 1 aliphatic rings. The molecule has 4 nitrogen and oxygen atoms in total. The maximum atomic E-state index is 6.65. The monoisotopic (exact) mass is 878 g/mol. The predicted molar refractivity (Wildman–Crippen MR) is 279 cm³/mol. The first kappa shape index (κ1) is 38.3. The molecular weight excluding hydrogens is 837 g/mol.